The highest BCUT2D eigenvalue weighted by atomic mass is 35.5. The fourth-order valence-corrected chi connectivity index (χ4v) is 0.609. The van der Waals surface area contributed by atoms with Crippen LogP contribution in [0.3, 0.4) is 0 Å². The number of aliphatic carboxylic acids is 1. The van der Waals surface area contributed by atoms with Crippen molar-refractivity contribution in [1.29, 1.82) is 0 Å². The predicted octanol–water partition coefficient (Wildman–Crippen LogP) is 0.00130. The molecule has 0 amide bonds. The summed E-state index contributed by atoms with van der Waals surface area (Å²) < 4.78 is 0. The van der Waals surface area contributed by atoms with Crippen LogP contribution in [0, 0.1) is 5.92 Å². The van der Waals surface area contributed by atoms with Crippen LogP contribution in [0.25, 0.3) is 0 Å². The number of carboxylic acid groups (broad SMARTS) is 1. The van der Waals surface area contributed by atoms with Crippen LogP contribution in [0.1, 0.15) is 13.3 Å². The van der Waals surface area contributed by atoms with Gasteiger partial charge in [0.15, 0.2) is 0 Å². The van der Waals surface area contributed by atoms with E-state index in [1.807, 2.05) is 0 Å². The van der Waals surface area contributed by atoms with E-state index in [0.717, 1.165) is 0 Å². The van der Waals surface area contributed by atoms with Crippen LogP contribution >= 0.6 is 11.6 Å². The summed E-state index contributed by atoms with van der Waals surface area (Å²) in [7, 11) is 0. The summed E-state index contributed by atoms with van der Waals surface area (Å²) in [5, 5.41) is 9.92. The SMILES string of the molecule is CC(CCCl)C(=O)[O-]. The summed E-state index contributed by atoms with van der Waals surface area (Å²) in [6, 6.07) is 0. The van der Waals surface area contributed by atoms with Crippen LogP contribution in [0.4, 0.5) is 0 Å². The predicted molar refractivity (Wildman–Crippen MR) is 29.5 cm³/mol. The molecule has 0 saturated carbocycles. The molecule has 0 aromatic carbocycles. The van der Waals surface area contributed by atoms with Gasteiger partial charge in [0.2, 0.25) is 0 Å². The monoisotopic (exact) mass is 135 g/mol. The van der Waals surface area contributed by atoms with Crippen LogP contribution in [-0.4, -0.2) is 11.8 Å². The number of hydrogen-bond acceptors (Lipinski definition) is 2. The number of alkyl halides is 1. The third-order valence-electron chi connectivity index (χ3n) is 0.944. The van der Waals surface area contributed by atoms with Crippen LogP contribution in [0.5, 0.6) is 0 Å². The maximum atomic E-state index is 9.92. The van der Waals surface area contributed by atoms with Gasteiger partial charge in [0, 0.05) is 11.8 Å². The third kappa shape index (κ3) is 2.86. The molecule has 0 radical (unpaired) electrons. The average Bonchev–Trinajstić information content (AvgIpc) is 1.67. The lowest BCUT2D eigenvalue weighted by atomic mass is 10.1. The lowest BCUT2D eigenvalue weighted by molar-refractivity contribution is -0.311. The molecular weight excluding hydrogens is 128 g/mol. The Morgan fingerprint density at radius 2 is 2.38 bits per heavy atom. The molecule has 0 aliphatic heterocycles. The Balaban J connectivity index is 3.32. The first-order chi connectivity index (χ1) is 3.68. The molecule has 8 heavy (non-hydrogen) atoms. The number of carbonyl (C=O) groups excluding carboxylic acids is 1. The van der Waals surface area contributed by atoms with Crippen molar-refractivity contribution < 1.29 is 9.90 Å². The van der Waals surface area contributed by atoms with Crippen molar-refractivity contribution in [2.75, 3.05) is 5.88 Å². The molecule has 2 nitrogen and oxygen atoms in total. The van der Waals surface area contributed by atoms with E-state index in [4.69, 9.17) is 11.6 Å². The van der Waals surface area contributed by atoms with Gasteiger partial charge < -0.3 is 9.90 Å². The van der Waals surface area contributed by atoms with Crippen molar-refractivity contribution in [3.8, 4) is 0 Å². The zero-order valence-electron chi connectivity index (χ0n) is 4.69. The molecule has 0 saturated heterocycles. The van der Waals surface area contributed by atoms with E-state index in [1.54, 1.807) is 6.92 Å². The van der Waals surface area contributed by atoms with E-state index in [1.165, 1.54) is 0 Å². The summed E-state index contributed by atoms with van der Waals surface area (Å²) in [6.07, 6.45) is 0.490. The standard InChI is InChI=1S/C5H9ClO2/c1-4(2-3-6)5(7)8/h4H,2-3H2,1H3,(H,7,8)/p-1. The Labute approximate surface area is 53.5 Å². The highest BCUT2D eigenvalue weighted by molar-refractivity contribution is 6.17. The minimum atomic E-state index is -1.02. The first-order valence-corrected chi connectivity index (χ1v) is 2.98. The Kier molecular flexibility index (Phi) is 3.61. The van der Waals surface area contributed by atoms with E-state index in [0.29, 0.717) is 12.3 Å². The van der Waals surface area contributed by atoms with Gasteiger partial charge in [-0.2, -0.15) is 0 Å². The van der Waals surface area contributed by atoms with Gasteiger partial charge in [-0.15, -0.1) is 11.6 Å². The topological polar surface area (TPSA) is 40.1 Å². The molecule has 0 rings (SSSR count). The normalized spacial score (nSPS) is 13.2. The van der Waals surface area contributed by atoms with Crippen molar-refractivity contribution in [3.05, 3.63) is 0 Å². The molecule has 3 heteroatoms. The van der Waals surface area contributed by atoms with Gasteiger partial charge in [-0.3, -0.25) is 0 Å². The van der Waals surface area contributed by atoms with Crippen LogP contribution < -0.4 is 5.11 Å². The van der Waals surface area contributed by atoms with Crippen molar-refractivity contribution in [3.63, 3.8) is 0 Å². The maximum absolute atomic E-state index is 9.92. The average molecular weight is 136 g/mol. The van der Waals surface area contributed by atoms with Gasteiger partial charge >= 0.3 is 0 Å². The fraction of sp³-hybridized carbons (Fsp3) is 0.800. The smallest absolute Gasteiger partial charge is 0.0442 e. The second-order valence-corrected chi connectivity index (χ2v) is 2.08. The molecule has 0 spiro atoms. The number of rotatable bonds is 3. The Morgan fingerprint density at radius 1 is 1.88 bits per heavy atom. The summed E-state index contributed by atoms with van der Waals surface area (Å²) in [5.41, 5.74) is 0. The fourth-order valence-electron chi connectivity index (χ4n) is 0.282. The largest absolute Gasteiger partial charge is 0.550 e. The van der Waals surface area contributed by atoms with Crippen LogP contribution in [-0.2, 0) is 4.79 Å². The number of carbonyl (C=O) groups is 1. The molecule has 0 aliphatic carbocycles. The molecule has 0 bridgehead atoms. The number of carboxylic acids is 1. The number of halogens is 1. The van der Waals surface area contributed by atoms with Gasteiger partial charge in [0.05, 0.1) is 0 Å². The van der Waals surface area contributed by atoms with Crippen molar-refractivity contribution in [2.24, 2.45) is 5.92 Å². The summed E-state index contributed by atoms with van der Waals surface area (Å²) in [6.45, 7) is 1.58. The molecule has 0 N–H and O–H groups in total. The molecular formula is C5H8ClO2-. The molecule has 1 unspecified atom stereocenters. The van der Waals surface area contributed by atoms with Gasteiger partial charge in [-0.1, -0.05) is 6.92 Å². The van der Waals surface area contributed by atoms with Gasteiger partial charge in [-0.25, -0.2) is 0 Å². The molecule has 0 aliphatic rings. The molecule has 0 aromatic rings. The van der Waals surface area contributed by atoms with E-state index in [-0.39, 0.29) is 0 Å². The Hall–Kier alpha value is -0.240. The minimum absolute atomic E-state index is 0.384. The quantitative estimate of drug-likeness (QED) is 0.511. The van der Waals surface area contributed by atoms with E-state index in [2.05, 4.69) is 0 Å². The Bertz CT molecular complexity index is 82.5. The highest BCUT2D eigenvalue weighted by Gasteiger charge is 1.98. The van der Waals surface area contributed by atoms with Gasteiger partial charge in [-0.05, 0) is 12.3 Å². The summed E-state index contributed by atoms with van der Waals surface area (Å²) in [4.78, 5) is 9.92. The first kappa shape index (κ1) is 7.76. The molecule has 0 fully saturated rings. The zero-order valence-corrected chi connectivity index (χ0v) is 5.44. The first-order valence-electron chi connectivity index (χ1n) is 2.45. The molecule has 1 atom stereocenters. The minimum Gasteiger partial charge on any atom is -0.550 e. The van der Waals surface area contributed by atoms with E-state index < -0.39 is 11.9 Å². The van der Waals surface area contributed by atoms with Gasteiger partial charge in [0.25, 0.3) is 0 Å². The van der Waals surface area contributed by atoms with Crippen molar-refractivity contribution in [1.82, 2.24) is 0 Å². The van der Waals surface area contributed by atoms with Crippen molar-refractivity contribution >= 4 is 17.6 Å². The lowest BCUT2D eigenvalue weighted by Crippen LogP contribution is -2.29. The summed E-state index contributed by atoms with van der Waals surface area (Å²) >= 11 is 5.25. The third-order valence-corrected chi connectivity index (χ3v) is 1.16. The lowest BCUT2D eigenvalue weighted by Gasteiger charge is -2.08. The maximum Gasteiger partial charge on any atom is 0.0442 e. The number of hydrogen-bond donors (Lipinski definition) is 0. The molecule has 0 heterocycles. The molecule has 48 valence electrons. The second kappa shape index (κ2) is 3.72. The van der Waals surface area contributed by atoms with E-state index in [9.17, 15) is 9.90 Å². The molecule has 0 aromatic heterocycles. The van der Waals surface area contributed by atoms with Crippen molar-refractivity contribution in [2.45, 2.75) is 13.3 Å². The Morgan fingerprint density at radius 3 is 2.50 bits per heavy atom. The van der Waals surface area contributed by atoms with Gasteiger partial charge in [0.1, 0.15) is 0 Å². The second-order valence-electron chi connectivity index (χ2n) is 1.70. The highest BCUT2D eigenvalue weighted by Crippen LogP contribution is 1.99. The van der Waals surface area contributed by atoms with Crippen LogP contribution in [0.15, 0.2) is 0 Å². The van der Waals surface area contributed by atoms with Crippen LogP contribution in [0.2, 0.25) is 0 Å². The zero-order chi connectivity index (χ0) is 6.57. The van der Waals surface area contributed by atoms with E-state index >= 15 is 0 Å². The summed E-state index contributed by atoms with van der Waals surface area (Å²) in [5.74, 6) is -1.05.